The van der Waals surface area contributed by atoms with Crippen molar-refractivity contribution >= 4 is 17.3 Å². The van der Waals surface area contributed by atoms with Crippen LogP contribution in [0, 0.1) is 0 Å². The number of anilines is 1. The Balaban J connectivity index is 2.19. The Morgan fingerprint density at radius 3 is 2.61 bits per heavy atom. The summed E-state index contributed by atoms with van der Waals surface area (Å²) < 4.78 is 0. The fourth-order valence-electron chi connectivity index (χ4n) is 1.94. The van der Waals surface area contributed by atoms with Gasteiger partial charge in [0.2, 0.25) is 0 Å². The van der Waals surface area contributed by atoms with Gasteiger partial charge in [-0.25, -0.2) is 0 Å². The summed E-state index contributed by atoms with van der Waals surface area (Å²) in [5, 5.41) is 13.6. The molecule has 18 heavy (non-hydrogen) atoms. The third-order valence-electron chi connectivity index (χ3n) is 2.85. The van der Waals surface area contributed by atoms with Crippen LogP contribution in [0.3, 0.4) is 0 Å². The van der Waals surface area contributed by atoms with Crippen molar-refractivity contribution in [2.24, 2.45) is 0 Å². The molecule has 0 aliphatic rings. The fourth-order valence-corrected chi connectivity index (χ4v) is 2.14. The highest BCUT2D eigenvalue weighted by molar-refractivity contribution is 6.30. The van der Waals surface area contributed by atoms with Crippen LogP contribution in [0.1, 0.15) is 24.9 Å². The maximum absolute atomic E-state index is 9.45. The zero-order valence-corrected chi connectivity index (χ0v) is 11.0. The quantitative estimate of drug-likeness (QED) is 0.842. The van der Waals surface area contributed by atoms with Crippen molar-refractivity contribution < 1.29 is 5.11 Å². The first-order chi connectivity index (χ1) is 8.69. The molecular weight excluding hydrogens is 246 g/mol. The first-order valence-electron chi connectivity index (χ1n) is 6.00. The van der Waals surface area contributed by atoms with Gasteiger partial charge in [-0.3, -0.25) is 0 Å². The second kappa shape index (κ2) is 5.78. The van der Waals surface area contributed by atoms with Gasteiger partial charge in [0, 0.05) is 16.8 Å². The van der Waals surface area contributed by atoms with Crippen molar-refractivity contribution in [3.63, 3.8) is 0 Å². The minimum atomic E-state index is 0.186. The van der Waals surface area contributed by atoms with Crippen molar-refractivity contribution in [3.8, 4) is 5.75 Å². The monoisotopic (exact) mass is 261 g/mol. The minimum absolute atomic E-state index is 0.186. The van der Waals surface area contributed by atoms with Crippen LogP contribution in [0.15, 0.2) is 48.5 Å². The zero-order valence-electron chi connectivity index (χ0n) is 10.2. The summed E-state index contributed by atoms with van der Waals surface area (Å²) in [6, 6.07) is 15.1. The van der Waals surface area contributed by atoms with Gasteiger partial charge in [-0.15, -0.1) is 0 Å². The van der Waals surface area contributed by atoms with Crippen LogP contribution in [0.2, 0.25) is 5.02 Å². The van der Waals surface area contributed by atoms with E-state index >= 15 is 0 Å². The van der Waals surface area contributed by atoms with Gasteiger partial charge in [0.05, 0.1) is 6.04 Å². The summed E-state index contributed by atoms with van der Waals surface area (Å²) in [6.07, 6.45) is 0.940. The van der Waals surface area contributed by atoms with Crippen LogP contribution < -0.4 is 5.32 Å². The first-order valence-corrected chi connectivity index (χ1v) is 6.38. The van der Waals surface area contributed by atoms with Gasteiger partial charge < -0.3 is 10.4 Å². The second-order valence-corrected chi connectivity index (χ2v) is 4.65. The predicted octanol–water partition coefficient (Wildman–Crippen LogP) is 4.61. The lowest BCUT2D eigenvalue weighted by molar-refractivity contribution is 0.475. The molecule has 2 aromatic rings. The second-order valence-electron chi connectivity index (χ2n) is 4.21. The third-order valence-corrected chi connectivity index (χ3v) is 3.08. The van der Waals surface area contributed by atoms with Gasteiger partial charge in [-0.1, -0.05) is 36.7 Å². The molecule has 0 aliphatic carbocycles. The van der Waals surface area contributed by atoms with Crippen molar-refractivity contribution in [3.05, 3.63) is 59.1 Å². The maximum Gasteiger partial charge on any atom is 0.117 e. The fraction of sp³-hybridized carbons (Fsp3) is 0.200. The molecule has 2 rings (SSSR count). The summed E-state index contributed by atoms with van der Waals surface area (Å²) in [5.41, 5.74) is 2.05. The average molecular weight is 262 g/mol. The highest BCUT2D eigenvalue weighted by Gasteiger charge is 2.09. The van der Waals surface area contributed by atoms with E-state index in [0.717, 1.165) is 22.7 Å². The molecular formula is C15H16ClNO. The number of benzene rings is 2. The third kappa shape index (κ3) is 3.17. The Kier molecular flexibility index (Phi) is 4.11. The lowest BCUT2D eigenvalue weighted by Gasteiger charge is -2.19. The number of nitrogens with one attached hydrogen (secondary N) is 1. The van der Waals surface area contributed by atoms with Crippen molar-refractivity contribution in [2.45, 2.75) is 19.4 Å². The SMILES string of the molecule is CCC(Nc1cccc(O)c1)c1cccc(Cl)c1. The van der Waals surface area contributed by atoms with Crippen LogP contribution in [0.5, 0.6) is 5.75 Å². The van der Waals surface area contributed by atoms with Gasteiger partial charge in [0.1, 0.15) is 5.75 Å². The van der Waals surface area contributed by atoms with E-state index in [-0.39, 0.29) is 11.8 Å². The van der Waals surface area contributed by atoms with Crippen molar-refractivity contribution in [1.29, 1.82) is 0 Å². The Hall–Kier alpha value is -1.67. The van der Waals surface area contributed by atoms with Crippen molar-refractivity contribution in [1.82, 2.24) is 0 Å². The Bertz CT molecular complexity index is 527. The highest BCUT2D eigenvalue weighted by Crippen LogP contribution is 2.26. The number of phenols is 1. The molecule has 0 saturated carbocycles. The van der Waals surface area contributed by atoms with E-state index in [0.29, 0.717) is 0 Å². The minimum Gasteiger partial charge on any atom is -0.508 e. The Morgan fingerprint density at radius 1 is 1.17 bits per heavy atom. The van der Waals surface area contributed by atoms with Crippen LogP contribution in [0.4, 0.5) is 5.69 Å². The number of hydrogen-bond acceptors (Lipinski definition) is 2. The van der Waals surface area contributed by atoms with Gasteiger partial charge in [-0.2, -0.15) is 0 Å². The van der Waals surface area contributed by atoms with E-state index in [4.69, 9.17) is 11.6 Å². The number of phenolic OH excluding ortho intramolecular Hbond substituents is 1. The van der Waals surface area contributed by atoms with E-state index in [1.165, 1.54) is 0 Å². The molecule has 94 valence electrons. The van der Waals surface area contributed by atoms with E-state index in [9.17, 15) is 5.11 Å². The van der Waals surface area contributed by atoms with E-state index < -0.39 is 0 Å². The molecule has 0 heterocycles. The van der Waals surface area contributed by atoms with E-state index in [2.05, 4.69) is 18.3 Å². The van der Waals surface area contributed by atoms with E-state index in [1.807, 2.05) is 30.3 Å². The summed E-state index contributed by atoms with van der Waals surface area (Å²) in [4.78, 5) is 0. The van der Waals surface area contributed by atoms with Crippen LogP contribution >= 0.6 is 11.6 Å². The Labute approximate surface area is 112 Å². The molecule has 1 unspecified atom stereocenters. The largest absolute Gasteiger partial charge is 0.508 e. The van der Waals surface area contributed by atoms with Gasteiger partial charge in [0.15, 0.2) is 0 Å². The standard InChI is InChI=1S/C15H16ClNO/c1-2-15(11-5-3-6-12(16)9-11)17-13-7-4-8-14(18)10-13/h3-10,15,17-18H,2H2,1H3. The number of halogens is 1. The van der Waals surface area contributed by atoms with Crippen LogP contribution in [-0.4, -0.2) is 5.11 Å². The highest BCUT2D eigenvalue weighted by atomic mass is 35.5. The lowest BCUT2D eigenvalue weighted by Crippen LogP contribution is -2.09. The van der Waals surface area contributed by atoms with Gasteiger partial charge >= 0.3 is 0 Å². The van der Waals surface area contributed by atoms with Crippen molar-refractivity contribution in [2.75, 3.05) is 5.32 Å². The Morgan fingerprint density at radius 2 is 1.94 bits per heavy atom. The van der Waals surface area contributed by atoms with Crippen LogP contribution in [-0.2, 0) is 0 Å². The summed E-state index contributed by atoms with van der Waals surface area (Å²) in [6.45, 7) is 2.11. The normalized spacial score (nSPS) is 12.1. The first kappa shape index (κ1) is 12.8. The molecule has 2 N–H and O–H groups in total. The zero-order chi connectivity index (χ0) is 13.0. The molecule has 1 atom stereocenters. The van der Waals surface area contributed by atoms with Gasteiger partial charge in [0.25, 0.3) is 0 Å². The van der Waals surface area contributed by atoms with Gasteiger partial charge in [-0.05, 0) is 36.2 Å². The molecule has 0 aliphatic heterocycles. The number of hydrogen-bond donors (Lipinski definition) is 2. The molecule has 0 bridgehead atoms. The maximum atomic E-state index is 9.45. The molecule has 0 aromatic heterocycles. The average Bonchev–Trinajstić information content (AvgIpc) is 2.36. The molecule has 0 radical (unpaired) electrons. The molecule has 2 nitrogen and oxygen atoms in total. The number of rotatable bonds is 4. The molecule has 0 spiro atoms. The molecule has 0 amide bonds. The number of aromatic hydroxyl groups is 1. The molecule has 0 fully saturated rings. The topological polar surface area (TPSA) is 32.3 Å². The molecule has 3 heteroatoms. The molecule has 0 saturated heterocycles. The summed E-state index contributed by atoms with van der Waals surface area (Å²) >= 11 is 6.01. The summed E-state index contributed by atoms with van der Waals surface area (Å²) in [7, 11) is 0. The summed E-state index contributed by atoms with van der Waals surface area (Å²) in [5.74, 6) is 0.265. The van der Waals surface area contributed by atoms with Crippen LogP contribution in [0.25, 0.3) is 0 Å². The predicted molar refractivity (Wildman–Crippen MR) is 76.2 cm³/mol. The molecule has 2 aromatic carbocycles. The smallest absolute Gasteiger partial charge is 0.117 e. The van der Waals surface area contributed by atoms with E-state index in [1.54, 1.807) is 12.1 Å². The lowest BCUT2D eigenvalue weighted by atomic mass is 10.0.